The van der Waals surface area contributed by atoms with Crippen LogP contribution in [0.1, 0.15) is 46.5 Å². The molecular weight excluding hydrogens is 174 g/mol. The SMILES string of the molecule is CC.CC1CCN(C(=O)C2CC2)CC1. The summed E-state index contributed by atoms with van der Waals surface area (Å²) in [4.78, 5) is 13.7. The Balaban J connectivity index is 0.000000461. The third-order valence-corrected chi connectivity index (χ3v) is 3.02. The van der Waals surface area contributed by atoms with Gasteiger partial charge in [-0.05, 0) is 31.6 Å². The molecule has 1 heterocycles. The quantitative estimate of drug-likeness (QED) is 0.633. The zero-order chi connectivity index (χ0) is 10.6. The molecule has 2 aliphatic rings. The summed E-state index contributed by atoms with van der Waals surface area (Å²) in [6.07, 6.45) is 4.70. The topological polar surface area (TPSA) is 20.3 Å². The predicted molar refractivity (Wildman–Crippen MR) is 59.1 cm³/mol. The van der Waals surface area contributed by atoms with Crippen LogP contribution in [0, 0.1) is 11.8 Å². The zero-order valence-corrected chi connectivity index (χ0v) is 9.75. The van der Waals surface area contributed by atoms with E-state index in [2.05, 4.69) is 11.8 Å². The second kappa shape index (κ2) is 5.38. The highest BCUT2D eigenvalue weighted by Crippen LogP contribution is 2.32. The molecule has 2 heteroatoms. The maximum atomic E-state index is 11.6. The molecule has 2 nitrogen and oxygen atoms in total. The second-order valence-electron chi connectivity index (χ2n) is 4.28. The summed E-state index contributed by atoms with van der Waals surface area (Å²) in [5.74, 6) is 1.67. The van der Waals surface area contributed by atoms with Crippen LogP contribution in [0.2, 0.25) is 0 Å². The van der Waals surface area contributed by atoms with Gasteiger partial charge in [-0.25, -0.2) is 0 Å². The second-order valence-corrected chi connectivity index (χ2v) is 4.28. The van der Waals surface area contributed by atoms with Crippen molar-refractivity contribution in [2.24, 2.45) is 11.8 Å². The minimum atomic E-state index is 0.415. The molecule has 0 unspecified atom stereocenters. The molecule has 1 saturated carbocycles. The van der Waals surface area contributed by atoms with Crippen LogP contribution in [0.15, 0.2) is 0 Å². The summed E-state index contributed by atoms with van der Waals surface area (Å²) < 4.78 is 0. The van der Waals surface area contributed by atoms with E-state index in [4.69, 9.17) is 0 Å². The molecule has 2 fully saturated rings. The monoisotopic (exact) mass is 197 g/mol. The highest BCUT2D eigenvalue weighted by Gasteiger charge is 2.34. The van der Waals surface area contributed by atoms with Crippen molar-refractivity contribution in [2.45, 2.75) is 46.5 Å². The van der Waals surface area contributed by atoms with Gasteiger partial charge < -0.3 is 4.90 Å². The molecule has 0 bridgehead atoms. The molecule has 14 heavy (non-hydrogen) atoms. The number of hydrogen-bond donors (Lipinski definition) is 0. The van der Waals surface area contributed by atoms with Gasteiger partial charge in [-0.2, -0.15) is 0 Å². The molecule has 0 radical (unpaired) electrons. The Hall–Kier alpha value is -0.530. The normalized spacial score (nSPS) is 22.6. The van der Waals surface area contributed by atoms with Crippen molar-refractivity contribution in [3.63, 3.8) is 0 Å². The lowest BCUT2D eigenvalue weighted by molar-refractivity contribution is -0.133. The lowest BCUT2D eigenvalue weighted by Gasteiger charge is -2.30. The number of nitrogens with zero attached hydrogens (tertiary/aromatic N) is 1. The summed E-state index contributed by atoms with van der Waals surface area (Å²) in [5, 5.41) is 0. The van der Waals surface area contributed by atoms with Crippen molar-refractivity contribution in [1.29, 1.82) is 0 Å². The minimum absolute atomic E-state index is 0.415. The van der Waals surface area contributed by atoms with Gasteiger partial charge in [0.2, 0.25) is 5.91 Å². The highest BCUT2D eigenvalue weighted by molar-refractivity contribution is 5.81. The Bertz CT molecular complexity index is 179. The molecule has 1 aliphatic heterocycles. The minimum Gasteiger partial charge on any atom is -0.342 e. The average molecular weight is 197 g/mol. The van der Waals surface area contributed by atoms with Crippen LogP contribution in [0.25, 0.3) is 0 Å². The average Bonchev–Trinajstić information content (AvgIpc) is 3.04. The van der Waals surface area contributed by atoms with E-state index < -0.39 is 0 Å². The van der Waals surface area contributed by atoms with Crippen molar-refractivity contribution < 1.29 is 4.79 Å². The lowest BCUT2D eigenvalue weighted by atomic mass is 9.99. The molecule has 1 amide bonds. The van der Waals surface area contributed by atoms with E-state index >= 15 is 0 Å². The van der Waals surface area contributed by atoms with Gasteiger partial charge in [0.05, 0.1) is 0 Å². The van der Waals surface area contributed by atoms with Gasteiger partial charge in [-0.15, -0.1) is 0 Å². The summed E-state index contributed by atoms with van der Waals surface area (Å²) >= 11 is 0. The van der Waals surface area contributed by atoms with E-state index in [0.29, 0.717) is 11.8 Å². The number of piperidine rings is 1. The van der Waals surface area contributed by atoms with E-state index in [-0.39, 0.29) is 0 Å². The van der Waals surface area contributed by atoms with E-state index in [1.165, 1.54) is 12.8 Å². The largest absolute Gasteiger partial charge is 0.342 e. The summed E-state index contributed by atoms with van der Waals surface area (Å²) in [6, 6.07) is 0. The predicted octanol–water partition coefficient (Wildman–Crippen LogP) is 2.68. The Morgan fingerprint density at radius 2 is 1.57 bits per heavy atom. The number of carbonyl (C=O) groups excluding carboxylic acids is 1. The van der Waals surface area contributed by atoms with E-state index in [1.807, 2.05) is 13.8 Å². The highest BCUT2D eigenvalue weighted by atomic mass is 16.2. The fraction of sp³-hybridized carbons (Fsp3) is 0.917. The Morgan fingerprint density at radius 3 is 2.00 bits per heavy atom. The lowest BCUT2D eigenvalue weighted by Crippen LogP contribution is -2.38. The van der Waals surface area contributed by atoms with E-state index in [1.54, 1.807) is 0 Å². The third kappa shape index (κ3) is 3.00. The molecule has 0 spiro atoms. The zero-order valence-electron chi connectivity index (χ0n) is 9.75. The molecule has 1 aliphatic carbocycles. The Labute approximate surface area is 87.7 Å². The van der Waals surface area contributed by atoms with Crippen LogP contribution in [0.3, 0.4) is 0 Å². The van der Waals surface area contributed by atoms with E-state index in [0.717, 1.165) is 31.8 Å². The summed E-state index contributed by atoms with van der Waals surface area (Å²) in [5.41, 5.74) is 0. The standard InChI is InChI=1S/C10H17NO.C2H6/c1-8-4-6-11(7-5-8)10(12)9-2-3-9;1-2/h8-9H,2-7H2,1H3;1-2H3. The van der Waals surface area contributed by atoms with Crippen LogP contribution < -0.4 is 0 Å². The molecule has 0 aromatic carbocycles. The van der Waals surface area contributed by atoms with Crippen molar-refractivity contribution in [1.82, 2.24) is 4.90 Å². The molecule has 0 N–H and O–H groups in total. The van der Waals surface area contributed by atoms with Gasteiger partial charge in [0.15, 0.2) is 0 Å². The molecule has 1 saturated heterocycles. The van der Waals surface area contributed by atoms with Crippen molar-refractivity contribution in [3.8, 4) is 0 Å². The van der Waals surface area contributed by atoms with Gasteiger partial charge in [0.25, 0.3) is 0 Å². The first-order valence-corrected chi connectivity index (χ1v) is 6.06. The van der Waals surface area contributed by atoms with Crippen molar-refractivity contribution >= 4 is 5.91 Å². The van der Waals surface area contributed by atoms with Gasteiger partial charge in [0, 0.05) is 19.0 Å². The van der Waals surface area contributed by atoms with Crippen LogP contribution in [0.4, 0.5) is 0 Å². The van der Waals surface area contributed by atoms with Gasteiger partial charge in [-0.3, -0.25) is 4.79 Å². The molecule has 82 valence electrons. The van der Waals surface area contributed by atoms with E-state index in [9.17, 15) is 4.79 Å². The summed E-state index contributed by atoms with van der Waals surface area (Å²) in [7, 11) is 0. The fourth-order valence-corrected chi connectivity index (χ4v) is 1.82. The van der Waals surface area contributed by atoms with Crippen molar-refractivity contribution in [3.05, 3.63) is 0 Å². The number of likely N-dealkylation sites (tertiary alicyclic amines) is 1. The smallest absolute Gasteiger partial charge is 0.225 e. The molecule has 0 aromatic rings. The van der Waals surface area contributed by atoms with Crippen molar-refractivity contribution in [2.75, 3.05) is 13.1 Å². The fourth-order valence-electron chi connectivity index (χ4n) is 1.82. The van der Waals surface area contributed by atoms with Gasteiger partial charge in [0.1, 0.15) is 0 Å². The number of hydrogen-bond acceptors (Lipinski definition) is 1. The number of amides is 1. The first kappa shape index (κ1) is 11.5. The molecule has 2 rings (SSSR count). The number of carbonyl (C=O) groups is 1. The maximum Gasteiger partial charge on any atom is 0.225 e. The molecule has 0 aromatic heterocycles. The maximum absolute atomic E-state index is 11.6. The van der Waals surface area contributed by atoms with Gasteiger partial charge in [-0.1, -0.05) is 20.8 Å². The third-order valence-electron chi connectivity index (χ3n) is 3.02. The van der Waals surface area contributed by atoms with Crippen LogP contribution in [-0.2, 0) is 4.79 Å². The molecular formula is C12H23NO. The first-order valence-electron chi connectivity index (χ1n) is 6.06. The summed E-state index contributed by atoms with van der Waals surface area (Å²) in [6.45, 7) is 8.30. The van der Waals surface area contributed by atoms with Crippen LogP contribution in [-0.4, -0.2) is 23.9 Å². The van der Waals surface area contributed by atoms with Crippen LogP contribution >= 0.6 is 0 Å². The van der Waals surface area contributed by atoms with Crippen LogP contribution in [0.5, 0.6) is 0 Å². The molecule has 0 atom stereocenters. The number of rotatable bonds is 1. The first-order chi connectivity index (χ1) is 6.77. The van der Waals surface area contributed by atoms with Gasteiger partial charge >= 0.3 is 0 Å². The Morgan fingerprint density at radius 1 is 1.07 bits per heavy atom. The Kier molecular flexibility index (Phi) is 4.43.